The van der Waals surface area contributed by atoms with Crippen molar-refractivity contribution in [1.29, 1.82) is 0 Å². The van der Waals surface area contributed by atoms with Crippen molar-refractivity contribution in [3.63, 3.8) is 0 Å². The van der Waals surface area contributed by atoms with Gasteiger partial charge in [0.25, 0.3) is 0 Å². The lowest BCUT2D eigenvalue weighted by molar-refractivity contribution is 0.0696. The van der Waals surface area contributed by atoms with Gasteiger partial charge in [-0.3, -0.25) is 0 Å². The quantitative estimate of drug-likeness (QED) is 0.903. The molecule has 3 nitrogen and oxygen atoms in total. The minimum absolute atomic E-state index is 0.000782. The van der Waals surface area contributed by atoms with Crippen LogP contribution in [0.3, 0.4) is 0 Å². The highest BCUT2D eigenvalue weighted by Crippen LogP contribution is 2.38. The van der Waals surface area contributed by atoms with E-state index in [1.165, 1.54) is 16.7 Å². The Morgan fingerprint density at radius 2 is 1.86 bits per heavy atom. The minimum Gasteiger partial charge on any atom is -0.485 e. The largest absolute Gasteiger partial charge is 0.485 e. The van der Waals surface area contributed by atoms with Gasteiger partial charge in [-0.15, -0.1) is 0 Å². The van der Waals surface area contributed by atoms with Gasteiger partial charge in [-0.1, -0.05) is 24.3 Å². The van der Waals surface area contributed by atoms with Gasteiger partial charge in [-0.2, -0.15) is 0 Å². The first-order chi connectivity index (χ1) is 10.1. The molecule has 0 radical (unpaired) electrons. The fourth-order valence-electron chi connectivity index (χ4n) is 2.77. The summed E-state index contributed by atoms with van der Waals surface area (Å²) in [5.74, 6) is 0.0940. The molecule has 1 unspecified atom stereocenters. The molecule has 21 heavy (non-hydrogen) atoms. The second-order valence-electron chi connectivity index (χ2n) is 5.57. The third kappa shape index (κ3) is 2.51. The van der Waals surface area contributed by atoms with Crippen molar-refractivity contribution < 1.29 is 14.6 Å². The van der Waals surface area contributed by atoms with E-state index in [0.29, 0.717) is 5.56 Å². The number of aromatic carboxylic acids is 1. The van der Waals surface area contributed by atoms with E-state index in [0.717, 1.165) is 24.2 Å². The molecule has 0 bridgehead atoms. The molecule has 1 aliphatic rings. The third-order valence-corrected chi connectivity index (χ3v) is 4.22. The van der Waals surface area contributed by atoms with Gasteiger partial charge in [-0.05, 0) is 61.1 Å². The van der Waals surface area contributed by atoms with Crippen LogP contribution in [0.1, 0.15) is 45.1 Å². The summed E-state index contributed by atoms with van der Waals surface area (Å²) < 4.78 is 6.18. The third-order valence-electron chi connectivity index (χ3n) is 4.22. The van der Waals surface area contributed by atoms with Gasteiger partial charge in [0.05, 0.1) is 5.56 Å². The average molecular weight is 282 g/mol. The first kappa shape index (κ1) is 13.7. The van der Waals surface area contributed by atoms with Crippen LogP contribution in [-0.4, -0.2) is 11.1 Å². The highest BCUT2D eigenvalue weighted by atomic mass is 16.5. The molecule has 0 aliphatic carbocycles. The molecule has 3 rings (SSSR count). The van der Waals surface area contributed by atoms with Crippen LogP contribution in [0.25, 0.3) is 0 Å². The molecule has 0 amide bonds. The number of carboxylic acids is 1. The summed E-state index contributed by atoms with van der Waals surface area (Å²) >= 11 is 0. The number of hydrogen-bond acceptors (Lipinski definition) is 2. The fraction of sp³-hybridized carbons (Fsp3) is 0.278. The van der Waals surface area contributed by atoms with Crippen LogP contribution in [0.5, 0.6) is 5.75 Å². The number of rotatable bonds is 2. The Kier molecular flexibility index (Phi) is 3.42. The number of hydrogen-bond donors (Lipinski definition) is 1. The van der Waals surface area contributed by atoms with Crippen LogP contribution in [-0.2, 0) is 6.42 Å². The first-order valence-electron chi connectivity index (χ1n) is 7.15. The minimum atomic E-state index is -0.900. The Balaban J connectivity index is 1.89. The van der Waals surface area contributed by atoms with Crippen LogP contribution < -0.4 is 4.74 Å². The molecule has 1 heterocycles. The lowest BCUT2D eigenvalue weighted by Crippen LogP contribution is -2.16. The van der Waals surface area contributed by atoms with Gasteiger partial charge in [0.15, 0.2) is 0 Å². The second kappa shape index (κ2) is 5.24. The number of ether oxygens (including phenoxy) is 1. The molecule has 0 spiro atoms. The predicted octanol–water partition coefficient (Wildman–Crippen LogP) is 4.07. The lowest BCUT2D eigenvalue weighted by Gasteiger charge is -2.28. The van der Waals surface area contributed by atoms with Crippen molar-refractivity contribution in [2.24, 2.45) is 0 Å². The number of carboxylic acid groups (broad SMARTS) is 1. The normalized spacial score (nSPS) is 17.0. The van der Waals surface area contributed by atoms with Crippen LogP contribution in [0.2, 0.25) is 0 Å². The van der Waals surface area contributed by atoms with Crippen molar-refractivity contribution in [3.05, 3.63) is 64.2 Å². The zero-order valence-electron chi connectivity index (χ0n) is 12.2. The number of aryl methyl sites for hydroxylation is 2. The number of benzene rings is 2. The highest BCUT2D eigenvalue weighted by molar-refractivity contribution is 5.87. The summed E-state index contributed by atoms with van der Waals surface area (Å²) in [7, 11) is 0. The highest BCUT2D eigenvalue weighted by Gasteiger charge is 2.23. The van der Waals surface area contributed by atoms with E-state index in [1.807, 2.05) is 12.1 Å². The Labute approximate surface area is 124 Å². The van der Waals surface area contributed by atoms with Crippen LogP contribution in [0, 0.1) is 13.8 Å². The summed E-state index contributed by atoms with van der Waals surface area (Å²) in [6.07, 6.45) is 1.91. The van der Waals surface area contributed by atoms with Crippen LogP contribution in [0.15, 0.2) is 36.4 Å². The first-order valence-corrected chi connectivity index (χ1v) is 7.15. The van der Waals surface area contributed by atoms with Crippen molar-refractivity contribution in [3.8, 4) is 5.75 Å². The van der Waals surface area contributed by atoms with Gasteiger partial charge < -0.3 is 9.84 Å². The molecule has 2 aromatic carbocycles. The summed E-state index contributed by atoms with van der Waals surface area (Å²) in [5.41, 5.74) is 5.03. The fourth-order valence-corrected chi connectivity index (χ4v) is 2.77. The van der Waals surface area contributed by atoms with E-state index in [4.69, 9.17) is 9.84 Å². The topological polar surface area (TPSA) is 46.5 Å². The Morgan fingerprint density at radius 1 is 1.14 bits per heavy atom. The molecule has 2 aromatic rings. The molecular formula is C18H18O3. The molecule has 0 aromatic heterocycles. The number of carbonyl (C=O) groups is 1. The SMILES string of the molecule is Cc1ccc2c(c1C)OC(c1ccc(C(=O)O)cc1)CC2. The summed E-state index contributed by atoms with van der Waals surface area (Å²) in [6, 6.07) is 11.3. The maximum atomic E-state index is 10.9. The van der Waals surface area contributed by atoms with Crippen molar-refractivity contribution in [1.82, 2.24) is 0 Å². The van der Waals surface area contributed by atoms with E-state index >= 15 is 0 Å². The second-order valence-corrected chi connectivity index (χ2v) is 5.57. The van der Waals surface area contributed by atoms with Crippen molar-refractivity contribution in [2.45, 2.75) is 32.8 Å². The van der Waals surface area contributed by atoms with Gasteiger partial charge in [0.1, 0.15) is 11.9 Å². The van der Waals surface area contributed by atoms with Gasteiger partial charge in [-0.25, -0.2) is 4.79 Å². The Morgan fingerprint density at radius 3 is 2.52 bits per heavy atom. The monoisotopic (exact) mass is 282 g/mol. The summed E-state index contributed by atoms with van der Waals surface area (Å²) in [4.78, 5) is 10.9. The Hall–Kier alpha value is -2.29. The van der Waals surface area contributed by atoms with E-state index in [-0.39, 0.29) is 6.10 Å². The Bertz CT molecular complexity index is 686. The molecule has 0 saturated heterocycles. The maximum absolute atomic E-state index is 10.9. The van der Waals surface area contributed by atoms with E-state index < -0.39 is 5.97 Å². The molecule has 1 N–H and O–H groups in total. The molecule has 1 aliphatic heterocycles. The lowest BCUT2D eigenvalue weighted by atomic mass is 9.94. The standard InChI is InChI=1S/C18H18O3/c1-11-3-4-14-9-10-16(21-17(14)12(11)2)13-5-7-15(8-6-13)18(19)20/h3-8,16H,9-10H2,1-2H3,(H,19,20). The zero-order chi connectivity index (χ0) is 15.0. The van der Waals surface area contributed by atoms with Crippen LogP contribution in [0.4, 0.5) is 0 Å². The maximum Gasteiger partial charge on any atom is 0.335 e. The van der Waals surface area contributed by atoms with Crippen molar-refractivity contribution in [2.75, 3.05) is 0 Å². The molecule has 3 heteroatoms. The van der Waals surface area contributed by atoms with Gasteiger partial charge >= 0.3 is 5.97 Å². The number of fused-ring (bicyclic) bond motifs is 1. The summed E-state index contributed by atoms with van der Waals surface area (Å²) in [6.45, 7) is 4.17. The van der Waals surface area contributed by atoms with Gasteiger partial charge in [0.2, 0.25) is 0 Å². The molecule has 0 fully saturated rings. The smallest absolute Gasteiger partial charge is 0.335 e. The molecule has 108 valence electrons. The van der Waals surface area contributed by atoms with E-state index in [9.17, 15) is 4.79 Å². The zero-order valence-corrected chi connectivity index (χ0v) is 12.2. The molecule has 1 atom stereocenters. The molecular weight excluding hydrogens is 264 g/mol. The van der Waals surface area contributed by atoms with Gasteiger partial charge in [0, 0.05) is 0 Å². The predicted molar refractivity (Wildman–Crippen MR) is 81.0 cm³/mol. The average Bonchev–Trinajstić information content (AvgIpc) is 2.51. The van der Waals surface area contributed by atoms with Crippen LogP contribution >= 0.6 is 0 Å². The van der Waals surface area contributed by atoms with E-state index in [1.54, 1.807) is 12.1 Å². The molecule has 0 saturated carbocycles. The van der Waals surface area contributed by atoms with E-state index in [2.05, 4.69) is 26.0 Å². The summed E-state index contributed by atoms with van der Waals surface area (Å²) in [5, 5.41) is 8.95. The van der Waals surface area contributed by atoms with Crippen molar-refractivity contribution >= 4 is 5.97 Å².